The van der Waals surface area contributed by atoms with Gasteiger partial charge in [0.05, 0.1) is 0 Å². The predicted octanol–water partition coefficient (Wildman–Crippen LogP) is 1.26. The average molecular weight is 289 g/mol. The van der Waals surface area contributed by atoms with Crippen LogP contribution in [0.15, 0.2) is 12.1 Å². The molecule has 2 unspecified atom stereocenters. The lowest BCUT2D eigenvalue weighted by atomic mass is 10.1. The van der Waals surface area contributed by atoms with Gasteiger partial charge in [-0.3, -0.25) is 9.69 Å². The largest absolute Gasteiger partial charge is 0.369 e. The Labute approximate surface area is 125 Å². The van der Waals surface area contributed by atoms with Gasteiger partial charge in [-0.1, -0.05) is 6.92 Å². The smallest absolute Gasteiger partial charge is 0.272 e. The Kier molecular flexibility index (Phi) is 4.34. The van der Waals surface area contributed by atoms with Gasteiger partial charge in [0.1, 0.15) is 5.82 Å². The fourth-order valence-corrected chi connectivity index (χ4v) is 3.29. The minimum atomic E-state index is -0.108. The first-order valence-corrected chi connectivity index (χ1v) is 7.90. The molecule has 0 aromatic carbocycles. The summed E-state index contributed by atoms with van der Waals surface area (Å²) in [6.07, 6.45) is 4.51. The van der Waals surface area contributed by atoms with Gasteiger partial charge in [-0.05, 0) is 44.4 Å². The number of carbonyl (C=O) groups excluding carboxylic acids is 1. The van der Waals surface area contributed by atoms with E-state index in [9.17, 15) is 4.79 Å². The molecule has 114 valence electrons. The third-order valence-electron chi connectivity index (χ3n) is 4.38. The molecular formula is C15H23N5O. The maximum Gasteiger partial charge on any atom is 0.272 e. The van der Waals surface area contributed by atoms with Crippen LogP contribution in [0.25, 0.3) is 0 Å². The number of hydrogen-bond donors (Lipinski definition) is 2. The topological polar surface area (TPSA) is 70.2 Å². The second kappa shape index (κ2) is 6.39. The zero-order chi connectivity index (χ0) is 14.7. The van der Waals surface area contributed by atoms with Crippen molar-refractivity contribution in [2.75, 3.05) is 25.0 Å². The van der Waals surface area contributed by atoms with Crippen LogP contribution in [0.1, 0.15) is 43.1 Å². The summed E-state index contributed by atoms with van der Waals surface area (Å²) in [5, 5.41) is 14.3. The van der Waals surface area contributed by atoms with Crippen molar-refractivity contribution in [3.63, 3.8) is 0 Å². The van der Waals surface area contributed by atoms with Crippen LogP contribution in [0.4, 0.5) is 5.82 Å². The monoisotopic (exact) mass is 289 g/mol. The van der Waals surface area contributed by atoms with Gasteiger partial charge in [-0.2, -0.15) is 0 Å². The van der Waals surface area contributed by atoms with E-state index in [1.54, 1.807) is 6.07 Å². The lowest BCUT2D eigenvalue weighted by Crippen LogP contribution is -2.42. The van der Waals surface area contributed by atoms with E-state index in [1.165, 1.54) is 19.4 Å². The molecule has 2 fully saturated rings. The van der Waals surface area contributed by atoms with Gasteiger partial charge in [0.2, 0.25) is 0 Å². The minimum absolute atomic E-state index is 0.108. The van der Waals surface area contributed by atoms with Crippen molar-refractivity contribution < 1.29 is 4.79 Å². The van der Waals surface area contributed by atoms with Crippen LogP contribution in [0, 0.1) is 0 Å². The van der Waals surface area contributed by atoms with Crippen molar-refractivity contribution in [1.29, 1.82) is 0 Å². The molecule has 21 heavy (non-hydrogen) atoms. The molecule has 6 nitrogen and oxygen atoms in total. The third kappa shape index (κ3) is 3.15. The molecule has 2 atom stereocenters. The Morgan fingerprint density at radius 1 is 1.33 bits per heavy atom. The molecule has 0 spiro atoms. The summed E-state index contributed by atoms with van der Waals surface area (Å²) in [7, 11) is 0. The van der Waals surface area contributed by atoms with Gasteiger partial charge in [0.25, 0.3) is 5.91 Å². The third-order valence-corrected chi connectivity index (χ3v) is 4.38. The maximum atomic E-state index is 12.3. The molecular weight excluding hydrogens is 266 g/mol. The van der Waals surface area contributed by atoms with Gasteiger partial charge >= 0.3 is 0 Å². The predicted molar refractivity (Wildman–Crippen MR) is 81.3 cm³/mol. The summed E-state index contributed by atoms with van der Waals surface area (Å²) >= 11 is 0. The fraction of sp³-hybridized carbons (Fsp3) is 0.667. The van der Waals surface area contributed by atoms with Gasteiger partial charge in [-0.25, -0.2) is 0 Å². The number of nitrogens with zero attached hydrogens (tertiary/aromatic N) is 3. The van der Waals surface area contributed by atoms with Crippen LogP contribution in [-0.4, -0.2) is 52.7 Å². The van der Waals surface area contributed by atoms with E-state index in [4.69, 9.17) is 0 Å². The normalized spacial score (nSPS) is 24.8. The SMILES string of the molecule is CCCNc1ccc(C(=O)NC2CCN3CCCC23)nn1. The molecule has 0 bridgehead atoms. The molecule has 2 N–H and O–H groups in total. The number of rotatable bonds is 5. The highest BCUT2D eigenvalue weighted by atomic mass is 16.2. The molecule has 3 heterocycles. The molecule has 1 aromatic heterocycles. The van der Waals surface area contributed by atoms with E-state index in [0.29, 0.717) is 11.7 Å². The van der Waals surface area contributed by atoms with Gasteiger partial charge < -0.3 is 10.6 Å². The van der Waals surface area contributed by atoms with Crippen LogP contribution < -0.4 is 10.6 Å². The van der Waals surface area contributed by atoms with Crippen molar-refractivity contribution in [2.24, 2.45) is 0 Å². The van der Waals surface area contributed by atoms with Crippen LogP contribution in [-0.2, 0) is 0 Å². The van der Waals surface area contributed by atoms with Crippen molar-refractivity contribution in [2.45, 2.75) is 44.7 Å². The van der Waals surface area contributed by atoms with E-state index in [2.05, 4.69) is 32.7 Å². The fourth-order valence-electron chi connectivity index (χ4n) is 3.29. The second-order valence-corrected chi connectivity index (χ2v) is 5.84. The van der Waals surface area contributed by atoms with Crippen LogP contribution >= 0.6 is 0 Å². The molecule has 2 aliphatic rings. The lowest BCUT2D eigenvalue weighted by molar-refractivity contribution is 0.0923. The van der Waals surface area contributed by atoms with Crippen molar-refractivity contribution in [3.8, 4) is 0 Å². The van der Waals surface area contributed by atoms with Gasteiger partial charge in [0.15, 0.2) is 5.69 Å². The maximum absolute atomic E-state index is 12.3. The molecule has 2 aliphatic heterocycles. The molecule has 0 radical (unpaired) electrons. The second-order valence-electron chi connectivity index (χ2n) is 5.84. The quantitative estimate of drug-likeness (QED) is 0.854. The van der Waals surface area contributed by atoms with E-state index in [1.807, 2.05) is 6.07 Å². The number of anilines is 1. The summed E-state index contributed by atoms with van der Waals surface area (Å²) in [5.41, 5.74) is 0.397. The number of amides is 1. The molecule has 1 aromatic rings. The Morgan fingerprint density at radius 2 is 2.24 bits per heavy atom. The minimum Gasteiger partial charge on any atom is -0.369 e. The summed E-state index contributed by atoms with van der Waals surface area (Å²) < 4.78 is 0. The summed E-state index contributed by atoms with van der Waals surface area (Å²) in [6.45, 7) is 5.23. The molecule has 2 saturated heterocycles. The average Bonchev–Trinajstić information content (AvgIpc) is 3.10. The molecule has 0 aliphatic carbocycles. The van der Waals surface area contributed by atoms with E-state index in [0.717, 1.165) is 31.7 Å². The zero-order valence-electron chi connectivity index (χ0n) is 12.5. The summed E-state index contributed by atoms with van der Waals surface area (Å²) in [6, 6.07) is 4.34. The van der Waals surface area contributed by atoms with Crippen molar-refractivity contribution in [1.82, 2.24) is 20.4 Å². The van der Waals surface area contributed by atoms with E-state index in [-0.39, 0.29) is 11.9 Å². The first kappa shape index (κ1) is 14.3. The molecule has 6 heteroatoms. The molecule has 3 rings (SSSR count). The number of carbonyl (C=O) groups is 1. The van der Waals surface area contributed by atoms with Gasteiger partial charge in [0, 0.05) is 25.2 Å². The lowest BCUT2D eigenvalue weighted by Gasteiger charge is -2.20. The zero-order valence-corrected chi connectivity index (χ0v) is 12.5. The van der Waals surface area contributed by atoms with E-state index < -0.39 is 0 Å². The van der Waals surface area contributed by atoms with Crippen LogP contribution in [0.3, 0.4) is 0 Å². The Balaban J connectivity index is 1.57. The Bertz CT molecular complexity index is 489. The highest BCUT2D eigenvalue weighted by Crippen LogP contribution is 2.27. The van der Waals surface area contributed by atoms with E-state index >= 15 is 0 Å². The number of fused-ring (bicyclic) bond motifs is 1. The standard InChI is InChI=1S/C15H23N5O/c1-2-8-16-14-6-5-12(18-19-14)15(21)17-11-7-10-20-9-3-4-13(11)20/h5-6,11,13H,2-4,7-10H2,1H3,(H,16,19)(H,17,21). The molecule has 0 saturated carbocycles. The first-order valence-electron chi connectivity index (χ1n) is 7.90. The van der Waals surface area contributed by atoms with Crippen LogP contribution in [0.2, 0.25) is 0 Å². The summed E-state index contributed by atoms with van der Waals surface area (Å²) in [4.78, 5) is 14.7. The van der Waals surface area contributed by atoms with Gasteiger partial charge in [-0.15, -0.1) is 10.2 Å². The van der Waals surface area contributed by atoms with Crippen molar-refractivity contribution >= 4 is 11.7 Å². The molecule has 1 amide bonds. The first-order chi connectivity index (χ1) is 10.3. The highest BCUT2D eigenvalue weighted by molar-refractivity contribution is 5.92. The van der Waals surface area contributed by atoms with Crippen molar-refractivity contribution in [3.05, 3.63) is 17.8 Å². The number of nitrogens with one attached hydrogen (secondary N) is 2. The Hall–Kier alpha value is -1.69. The van der Waals surface area contributed by atoms with Crippen LogP contribution in [0.5, 0.6) is 0 Å². The highest BCUT2D eigenvalue weighted by Gasteiger charge is 2.37. The number of hydrogen-bond acceptors (Lipinski definition) is 5. The summed E-state index contributed by atoms with van der Waals surface area (Å²) in [5.74, 6) is 0.611. The number of aromatic nitrogens is 2. The Morgan fingerprint density at radius 3 is 3.00 bits per heavy atom.